The van der Waals surface area contributed by atoms with Gasteiger partial charge < -0.3 is 10.2 Å². The Morgan fingerprint density at radius 1 is 1.44 bits per heavy atom. The van der Waals surface area contributed by atoms with Crippen LogP contribution in [0.3, 0.4) is 0 Å². The number of benzene rings is 1. The van der Waals surface area contributed by atoms with Gasteiger partial charge in [0.1, 0.15) is 0 Å². The average Bonchev–Trinajstić information content (AvgIpc) is 2.61. The van der Waals surface area contributed by atoms with Gasteiger partial charge in [-0.05, 0) is 62.6 Å². The molecular weight excluding hydrogens is 386 g/mol. The molecule has 1 unspecified atom stereocenters. The average molecular weight is 416 g/mol. The highest BCUT2D eigenvalue weighted by molar-refractivity contribution is 7.99. The summed E-state index contributed by atoms with van der Waals surface area (Å²) in [6, 6.07) is 4.90. The molecule has 6 nitrogen and oxygen atoms in total. The van der Waals surface area contributed by atoms with Crippen molar-refractivity contribution in [1.82, 2.24) is 10.2 Å². The van der Waals surface area contributed by atoms with Gasteiger partial charge >= 0.3 is 0 Å². The van der Waals surface area contributed by atoms with E-state index < -0.39 is 0 Å². The van der Waals surface area contributed by atoms with Crippen LogP contribution >= 0.6 is 24.2 Å². The number of carbonyl (C=O) groups is 1. The number of amides is 1. The molecule has 1 aliphatic rings. The lowest BCUT2D eigenvalue weighted by Crippen LogP contribution is -2.42. The second-order valence-corrected chi connectivity index (χ2v) is 8.42. The number of likely N-dealkylation sites (tertiary alicyclic amines) is 1. The molecule has 1 aromatic carbocycles. The normalized spacial score (nSPS) is 16.9. The van der Waals surface area contributed by atoms with E-state index in [1.807, 2.05) is 11.9 Å². The molecule has 0 radical (unpaired) electrons. The van der Waals surface area contributed by atoms with Gasteiger partial charge in [0, 0.05) is 24.7 Å². The first-order chi connectivity index (χ1) is 12.4. The van der Waals surface area contributed by atoms with Gasteiger partial charge in [-0.2, -0.15) is 0 Å². The number of carbonyl (C=O) groups excluding carboxylic acids is 1. The molecule has 0 aromatic heterocycles. The Labute approximate surface area is 172 Å². The van der Waals surface area contributed by atoms with Crippen LogP contribution < -0.4 is 5.32 Å². The van der Waals surface area contributed by atoms with E-state index in [0.717, 1.165) is 38.1 Å². The minimum atomic E-state index is -0.380. The third kappa shape index (κ3) is 6.97. The summed E-state index contributed by atoms with van der Waals surface area (Å²) in [5.74, 6) is 1.74. The lowest BCUT2D eigenvalue weighted by atomic mass is 9.97. The first kappa shape index (κ1) is 23.7. The third-order valence-electron chi connectivity index (χ3n) is 4.65. The van der Waals surface area contributed by atoms with Gasteiger partial charge in [-0.1, -0.05) is 13.8 Å². The van der Waals surface area contributed by atoms with Crippen molar-refractivity contribution < 1.29 is 9.72 Å². The van der Waals surface area contributed by atoms with Gasteiger partial charge in [0.15, 0.2) is 0 Å². The summed E-state index contributed by atoms with van der Waals surface area (Å²) in [6.45, 7) is 6.58. The summed E-state index contributed by atoms with van der Waals surface area (Å²) in [5.41, 5.74) is 0.448. The monoisotopic (exact) mass is 415 g/mol. The van der Waals surface area contributed by atoms with Crippen LogP contribution in [0.1, 0.15) is 43.5 Å². The van der Waals surface area contributed by atoms with E-state index in [9.17, 15) is 14.9 Å². The third-order valence-corrected chi connectivity index (χ3v) is 5.75. The Hall–Kier alpha value is -1.31. The number of nitro benzene ring substituents is 1. The zero-order valence-electron chi connectivity index (χ0n) is 16.3. The molecule has 27 heavy (non-hydrogen) atoms. The predicted octanol–water partition coefficient (Wildman–Crippen LogP) is 4.23. The number of rotatable bonds is 8. The van der Waals surface area contributed by atoms with E-state index in [4.69, 9.17) is 0 Å². The quantitative estimate of drug-likeness (QED) is 0.390. The van der Waals surface area contributed by atoms with E-state index in [-0.39, 0.29) is 28.9 Å². The minimum absolute atomic E-state index is 0. The van der Waals surface area contributed by atoms with Crippen molar-refractivity contribution in [2.45, 2.75) is 38.0 Å². The number of nitrogens with one attached hydrogen (secondary N) is 1. The molecule has 1 aliphatic heterocycles. The maximum absolute atomic E-state index is 12.8. The van der Waals surface area contributed by atoms with Crippen molar-refractivity contribution >= 4 is 35.8 Å². The smallest absolute Gasteiger partial charge is 0.283 e. The largest absolute Gasteiger partial charge is 0.338 e. The molecule has 0 saturated carbocycles. The van der Waals surface area contributed by atoms with Crippen molar-refractivity contribution in [3.63, 3.8) is 0 Å². The maximum atomic E-state index is 12.8. The van der Waals surface area contributed by atoms with Crippen molar-refractivity contribution in [2.75, 3.05) is 32.4 Å². The zero-order chi connectivity index (χ0) is 19.1. The lowest BCUT2D eigenvalue weighted by Gasteiger charge is -2.32. The summed E-state index contributed by atoms with van der Waals surface area (Å²) < 4.78 is 0. The van der Waals surface area contributed by atoms with Crippen LogP contribution in [-0.4, -0.2) is 48.2 Å². The van der Waals surface area contributed by atoms with E-state index in [1.165, 1.54) is 17.8 Å². The molecule has 8 heteroatoms. The molecular formula is C19H30ClN3O3S. The molecule has 1 aromatic rings. The number of nitrogens with zero attached hydrogens (tertiary/aromatic N) is 2. The summed E-state index contributed by atoms with van der Waals surface area (Å²) in [5, 5.41) is 14.6. The SMILES string of the molecule is CNCC1CCCN(C(=O)c2ccc(SCCC(C)C)c([N+](=O)[O-])c2)C1.Cl. The highest BCUT2D eigenvalue weighted by Gasteiger charge is 2.26. The van der Waals surface area contributed by atoms with Crippen molar-refractivity contribution in [3.8, 4) is 0 Å². The summed E-state index contributed by atoms with van der Waals surface area (Å²) in [4.78, 5) is 26.4. The first-order valence-electron chi connectivity index (χ1n) is 9.27. The molecule has 1 saturated heterocycles. The second kappa shape index (κ2) is 11.5. The lowest BCUT2D eigenvalue weighted by molar-refractivity contribution is -0.387. The van der Waals surface area contributed by atoms with E-state index in [1.54, 1.807) is 12.1 Å². The maximum Gasteiger partial charge on any atom is 0.283 e. The van der Waals surface area contributed by atoms with Crippen molar-refractivity contribution in [3.05, 3.63) is 33.9 Å². The highest BCUT2D eigenvalue weighted by Crippen LogP contribution is 2.32. The molecule has 0 spiro atoms. The van der Waals surface area contributed by atoms with Crippen LogP contribution in [0.4, 0.5) is 5.69 Å². The Bertz CT molecular complexity index is 641. The number of thioether (sulfide) groups is 1. The number of piperidine rings is 1. The number of halogens is 1. The van der Waals surface area contributed by atoms with Gasteiger partial charge in [0.25, 0.3) is 11.6 Å². The van der Waals surface area contributed by atoms with E-state index in [0.29, 0.717) is 28.8 Å². The van der Waals surface area contributed by atoms with Crippen molar-refractivity contribution in [2.24, 2.45) is 11.8 Å². The zero-order valence-corrected chi connectivity index (χ0v) is 17.9. The molecule has 1 fully saturated rings. The summed E-state index contributed by atoms with van der Waals surface area (Å²) in [7, 11) is 1.92. The predicted molar refractivity (Wildman–Crippen MR) is 113 cm³/mol. The fourth-order valence-corrected chi connectivity index (χ4v) is 4.46. The summed E-state index contributed by atoms with van der Waals surface area (Å²) in [6.07, 6.45) is 3.09. The topological polar surface area (TPSA) is 75.5 Å². The molecule has 1 amide bonds. The van der Waals surface area contributed by atoms with E-state index >= 15 is 0 Å². The highest BCUT2D eigenvalue weighted by atomic mass is 35.5. The Morgan fingerprint density at radius 2 is 2.19 bits per heavy atom. The second-order valence-electron chi connectivity index (χ2n) is 7.29. The molecule has 2 rings (SSSR count). The molecule has 1 atom stereocenters. The van der Waals surface area contributed by atoms with Crippen LogP contribution in [-0.2, 0) is 0 Å². The molecule has 0 bridgehead atoms. The van der Waals surface area contributed by atoms with Gasteiger partial charge in [-0.25, -0.2) is 0 Å². The number of nitro groups is 1. The number of hydrogen-bond acceptors (Lipinski definition) is 5. The van der Waals surface area contributed by atoms with Crippen molar-refractivity contribution in [1.29, 1.82) is 0 Å². The first-order valence-corrected chi connectivity index (χ1v) is 10.3. The molecule has 152 valence electrons. The Balaban J connectivity index is 0.00000364. The number of hydrogen-bond donors (Lipinski definition) is 1. The fourth-order valence-electron chi connectivity index (χ4n) is 3.21. The molecule has 0 aliphatic carbocycles. The molecule has 1 heterocycles. The van der Waals surface area contributed by atoms with Gasteiger partial charge in [-0.3, -0.25) is 14.9 Å². The fraction of sp³-hybridized carbons (Fsp3) is 0.632. The Kier molecular flexibility index (Phi) is 10.1. The standard InChI is InChI=1S/C19H29N3O3S.ClH/c1-14(2)8-10-26-18-7-6-16(11-17(18)22(24)25)19(23)21-9-4-5-15(13-21)12-20-3;/h6-7,11,14-15,20H,4-5,8-10,12-13H2,1-3H3;1H. The minimum Gasteiger partial charge on any atom is -0.338 e. The Morgan fingerprint density at radius 3 is 2.81 bits per heavy atom. The van der Waals surface area contributed by atoms with Crippen LogP contribution in [0, 0.1) is 22.0 Å². The van der Waals surface area contributed by atoms with Crippen LogP contribution in [0.5, 0.6) is 0 Å². The van der Waals surface area contributed by atoms with Gasteiger partial charge in [-0.15, -0.1) is 24.2 Å². The van der Waals surface area contributed by atoms with Gasteiger partial charge in [0.05, 0.1) is 9.82 Å². The van der Waals surface area contributed by atoms with Crippen LogP contribution in [0.25, 0.3) is 0 Å². The summed E-state index contributed by atoms with van der Waals surface area (Å²) >= 11 is 1.49. The molecule has 1 N–H and O–H groups in total. The van der Waals surface area contributed by atoms with Crippen LogP contribution in [0.15, 0.2) is 23.1 Å². The van der Waals surface area contributed by atoms with E-state index in [2.05, 4.69) is 19.2 Å². The van der Waals surface area contributed by atoms with Crippen LogP contribution in [0.2, 0.25) is 0 Å². The van der Waals surface area contributed by atoms with Gasteiger partial charge in [0.2, 0.25) is 0 Å².